The molecule has 1 aromatic carbocycles. The molecule has 0 atom stereocenters. The topological polar surface area (TPSA) is 41.5 Å². The summed E-state index contributed by atoms with van der Waals surface area (Å²) in [6.45, 7) is 0. The maximum atomic E-state index is 12.7. The number of nitrogens with zero attached hydrogens (tertiary/aromatic N) is 1. The molecule has 1 amide bonds. The third kappa shape index (κ3) is 3.23. The SMILES string of the molecule is O=C(Nc1ccc(F)cc1)C1=NC=C(Br)CC1. The molecule has 88 valence electrons. The Morgan fingerprint density at radius 1 is 1.29 bits per heavy atom. The van der Waals surface area contributed by atoms with Crippen LogP contribution in [0.15, 0.2) is 39.9 Å². The Morgan fingerprint density at radius 2 is 2.00 bits per heavy atom. The Balaban J connectivity index is 2.05. The molecule has 0 aliphatic carbocycles. The van der Waals surface area contributed by atoms with Crippen LogP contribution in [0.2, 0.25) is 0 Å². The summed E-state index contributed by atoms with van der Waals surface area (Å²) in [6, 6.07) is 5.63. The molecule has 1 aliphatic heterocycles. The van der Waals surface area contributed by atoms with Crippen molar-refractivity contribution >= 4 is 33.2 Å². The average Bonchev–Trinajstić information content (AvgIpc) is 2.33. The van der Waals surface area contributed by atoms with Crippen LogP contribution in [-0.4, -0.2) is 11.6 Å². The fraction of sp³-hybridized carbons (Fsp3) is 0.167. The van der Waals surface area contributed by atoms with Crippen LogP contribution < -0.4 is 5.32 Å². The lowest BCUT2D eigenvalue weighted by Gasteiger charge is -2.10. The van der Waals surface area contributed by atoms with Gasteiger partial charge in [0.2, 0.25) is 0 Å². The van der Waals surface area contributed by atoms with Gasteiger partial charge in [-0.25, -0.2) is 4.39 Å². The molecule has 0 unspecified atom stereocenters. The Morgan fingerprint density at radius 3 is 2.59 bits per heavy atom. The molecule has 0 radical (unpaired) electrons. The minimum Gasteiger partial charge on any atom is -0.321 e. The standard InChI is InChI=1S/C12H10BrFN2O/c13-8-1-6-11(15-7-8)12(17)16-10-4-2-9(14)3-5-10/h2-5,7H,1,6H2,(H,16,17). The van der Waals surface area contributed by atoms with Gasteiger partial charge in [0.1, 0.15) is 11.5 Å². The Kier molecular flexibility index (Phi) is 3.68. The molecule has 0 saturated carbocycles. The van der Waals surface area contributed by atoms with E-state index >= 15 is 0 Å². The first-order chi connectivity index (χ1) is 8.15. The molecule has 1 N–H and O–H groups in total. The van der Waals surface area contributed by atoms with E-state index in [0.717, 1.165) is 10.9 Å². The quantitative estimate of drug-likeness (QED) is 0.894. The number of carbonyl (C=O) groups is 1. The van der Waals surface area contributed by atoms with Crippen molar-refractivity contribution in [1.82, 2.24) is 0 Å². The zero-order valence-corrected chi connectivity index (χ0v) is 10.5. The maximum absolute atomic E-state index is 12.7. The Bertz CT molecular complexity index is 494. The number of halogens is 2. The number of hydrogen-bond donors (Lipinski definition) is 1. The van der Waals surface area contributed by atoms with E-state index < -0.39 is 0 Å². The fourth-order valence-electron chi connectivity index (χ4n) is 1.42. The summed E-state index contributed by atoms with van der Waals surface area (Å²) >= 11 is 3.32. The number of aliphatic imine (C=N–C) groups is 1. The first-order valence-electron chi connectivity index (χ1n) is 5.13. The number of rotatable bonds is 2. The van der Waals surface area contributed by atoms with Gasteiger partial charge in [0.25, 0.3) is 5.91 Å². The zero-order chi connectivity index (χ0) is 12.3. The van der Waals surface area contributed by atoms with E-state index in [4.69, 9.17) is 0 Å². The van der Waals surface area contributed by atoms with Crippen molar-refractivity contribution in [3.63, 3.8) is 0 Å². The van der Waals surface area contributed by atoms with E-state index in [1.807, 2.05) is 0 Å². The van der Waals surface area contributed by atoms with E-state index in [-0.39, 0.29) is 11.7 Å². The lowest BCUT2D eigenvalue weighted by Crippen LogP contribution is -2.23. The number of carbonyl (C=O) groups excluding carboxylic acids is 1. The largest absolute Gasteiger partial charge is 0.321 e. The molecule has 0 bridgehead atoms. The third-order valence-electron chi connectivity index (χ3n) is 2.33. The minimum absolute atomic E-state index is 0.243. The highest BCUT2D eigenvalue weighted by atomic mass is 79.9. The molecular weight excluding hydrogens is 287 g/mol. The summed E-state index contributed by atoms with van der Waals surface area (Å²) in [7, 11) is 0. The van der Waals surface area contributed by atoms with Gasteiger partial charge in [-0.2, -0.15) is 0 Å². The average molecular weight is 297 g/mol. The number of amides is 1. The maximum Gasteiger partial charge on any atom is 0.270 e. The predicted molar refractivity (Wildman–Crippen MR) is 68.7 cm³/mol. The van der Waals surface area contributed by atoms with E-state index in [9.17, 15) is 9.18 Å². The number of nitrogens with one attached hydrogen (secondary N) is 1. The molecule has 2 rings (SSSR count). The molecule has 0 fully saturated rings. The van der Waals surface area contributed by atoms with E-state index in [0.29, 0.717) is 17.8 Å². The molecule has 0 aromatic heterocycles. The van der Waals surface area contributed by atoms with Gasteiger partial charge >= 0.3 is 0 Å². The van der Waals surface area contributed by atoms with Crippen molar-refractivity contribution in [3.05, 3.63) is 40.8 Å². The highest BCUT2D eigenvalue weighted by Gasteiger charge is 2.14. The second kappa shape index (κ2) is 5.23. The molecule has 3 nitrogen and oxygen atoms in total. The van der Waals surface area contributed by atoms with Gasteiger partial charge in [-0.1, -0.05) is 15.9 Å². The first-order valence-corrected chi connectivity index (χ1v) is 5.92. The van der Waals surface area contributed by atoms with Crippen molar-refractivity contribution in [1.29, 1.82) is 0 Å². The summed E-state index contributed by atoms with van der Waals surface area (Å²) < 4.78 is 13.7. The normalized spacial score (nSPS) is 14.9. The molecule has 17 heavy (non-hydrogen) atoms. The van der Waals surface area contributed by atoms with Crippen molar-refractivity contribution in [2.24, 2.45) is 4.99 Å². The summed E-state index contributed by atoms with van der Waals surface area (Å²) in [5, 5.41) is 2.67. The fourth-order valence-corrected chi connectivity index (χ4v) is 1.72. The van der Waals surface area contributed by atoms with Crippen molar-refractivity contribution < 1.29 is 9.18 Å². The van der Waals surface area contributed by atoms with Gasteiger partial charge in [-0.3, -0.25) is 9.79 Å². The van der Waals surface area contributed by atoms with Crippen LogP contribution in [-0.2, 0) is 4.79 Å². The molecule has 0 saturated heterocycles. The van der Waals surface area contributed by atoms with Crippen LogP contribution in [0.1, 0.15) is 12.8 Å². The van der Waals surface area contributed by atoms with Gasteiger partial charge in [-0.15, -0.1) is 0 Å². The number of hydrogen-bond acceptors (Lipinski definition) is 2. The molecule has 0 spiro atoms. The molecule has 1 heterocycles. The van der Waals surface area contributed by atoms with Crippen molar-refractivity contribution in [3.8, 4) is 0 Å². The summed E-state index contributed by atoms with van der Waals surface area (Å²) in [6.07, 6.45) is 3.00. The third-order valence-corrected chi connectivity index (χ3v) is 2.93. The van der Waals surface area contributed by atoms with Crippen LogP contribution in [0.25, 0.3) is 0 Å². The summed E-state index contributed by atoms with van der Waals surface area (Å²) in [5.41, 5.74) is 1.05. The van der Waals surface area contributed by atoms with Crippen LogP contribution >= 0.6 is 15.9 Å². The minimum atomic E-state index is -0.329. The number of anilines is 1. The monoisotopic (exact) mass is 296 g/mol. The lowest BCUT2D eigenvalue weighted by molar-refractivity contribution is -0.110. The highest BCUT2D eigenvalue weighted by molar-refractivity contribution is 9.11. The highest BCUT2D eigenvalue weighted by Crippen LogP contribution is 2.18. The van der Waals surface area contributed by atoms with Gasteiger partial charge in [0, 0.05) is 16.4 Å². The van der Waals surface area contributed by atoms with E-state index in [2.05, 4.69) is 26.2 Å². The molecule has 5 heteroatoms. The molecule has 1 aliphatic rings. The Hall–Kier alpha value is -1.49. The zero-order valence-electron chi connectivity index (χ0n) is 8.91. The van der Waals surface area contributed by atoms with Crippen LogP contribution in [0.5, 0.6) is 0 Å². The second-order valence-electron chi connectivity index (χ2n) is 3.61. The van der Waals surface area contributed by atoms with Gasteiger partial charge in [-0.05, 0) is 37.1 Å². The van der Waals surface area contributed by atoms with E-state index in [1.165, 1.54) is 24.3 Å². The van der Waals surface area contributed by atoms with Gasteiger partial charge in [0.05, 0.1) is 0 Å². The first kappa shape index (κ1) is 12.0. The Labute approximate surface area is 107 Å². The van der Waals surface area contributed by atoms with E-state index in [1.54, 1.807) is 6.20 Å². The van der Waals surface area contributed by atoms with Crippen LogP contribution in [0.4, 0.5) is 10.1 Å². The van der Waals surface area contributed by atoms with Gasteiger partial charge in [0.15, 0.2) is 0 Å². The summed E-state index contributed by atoms with van der Waals surface area (Å²) in [4.78, 5) is 15.8. The van der Waals surface area contributed by atoms with Crippen molar-refractivity contribution in [2.75, 3.05) is 5.32 Å². The second-order valence-corrected chi connectivity index (χ2v) is 4.63. The molecule has 1 aromatic rings. The summed E-state index contributed by atoms with van der Waals surface area (Å²) in [5.74, 6) is -0.572. The lowest BCUT2D eigenvalue weighted by atomic mass is 10.1. The van der Waals surface area contributed by atoms with Crippen LogP contribution in [0, 0.1) is 5.82 Å². The number of allylic oxidation sites excluding steroid dienone is 1. The smallest absolute Gasteiger partial charge is 0.270 e. The van der Waals surface area contributed by atoms with Crippen molar-refractivity contribution in [2.45, 2.75) is 12.8 Å². The predicted octanol–water partition coefficient (Wildman–Crippen LogP) is 3.24. The molecular formula is C12H10BrFN2O. The van der Waals surface area contributed by atoms with Gasteiger partial charge < -0.3 is 5.32 Å². The number of benzene rings is 1. The van der Waals surface area contributed by atoms with Crippen LogP contribution in [0.3, 0.4) is 0 Å².